The number of nitrogens with one attached hydrogen (secondary N) is 1. The van der Waals surface area contributed by atoms with Crippen LogP contribution >= 0.6 is 15.9 Å². The van der Waals surface area contributed by atoms with Crippen LogP contribution in [0, 0.1) is 11.2 Å². The minimum Gasteiger partial charge on any atom is -0.316 e. The first-order valence-corrected chi connectivity index (χ1v) is 8.82. The molecule has 7 heteroatoms. The van der Waals surface area contributed by atoms with E-state index in [9.17, 15) is 12.8 Å². The summed E-state index contributed by atoms with van der Waals surface area (Å²) in [5.41, 5.74) is 0.0704. The van der Waals surface area contributed by atoms with Gasteiger partial charge in [-0.3, -0.25) is 0 Å². The van der Waals surface area contributed by atoms with Gasteiger partial charge in [-0.15, -0.1) is 0 Å². The monoisotopic (exact) mass is 362 g/mol. The van der Waals surface area contributed by atoms with Crippen molar-refractivity contribution in [2.24, 2.45) is 5.41 Å². The van der Waals surface area contributed by atoms with Gasteiger partial charge in [0.05, 0.1) is 9.37 Å². The molecule has 1 spiro atoms. The van der Waals surface area contributed by atoms with Gasteiger partial charge in [0.2, 0.25) is 10.0 Å². The van der Waals surface area contributed by atoms with Crippen LogP contribution in [0.1, 0.15) is 12.8 Å². The summed E-state index contributed by atoms with van der Waals surface area (Å²) in [4.78, 5) is 0.0289. The number of benzene rings is 1. The van der Waals surface area contributed by atoms with Crippen molar-refractivity contribution in [3.05, 3.63) is 28.5 Å². The van der Waals surface area contributed by atoms with E-state index >= 15 is 0 Å². The van der Waals surface area contributed by atoms with Gasteiger partial charge in [-0.05, 0) is 58.9 Å². The van der Waals surface area contributed by atoms with E-state index in [1.807, 2.05) is 0 Å². The molecule has 0 amide bonds. The molecule has 0 bridgehead atoms. The van der Waals surface area contributed by atoms with Crippen molar-refractivity contribution < 1.29 is 12.8 Å². The molecular weight excluding hydrogens is 347 g/mol. The summed E-state index contributed by atoms with van der Waals surface area (Å²) >= 11 is 3.04. The first-order valence-electron chi connectivity index (χ1n) is 6.59. The van der Waals surface area contributed by atoms with Gasteiger partial charge in [0, 0.05) is 19.6 Å². The smallest absolute Gasteiger partial charge is 0.243 e. The minimum atomic E-state index is -3.60. The van der Waals surface area contributed by atoms with Crippen LogP contribution in [0.25, 0.3) is 0 Å². The minimum absolute atomic E-state index is 0.0289. The van der Waals surface area contributed by atoms with E-state index < -0.39 is 15.8 Å². The molecule has 2 saturated heterocycles. The van der Waals surface area contributed by atoms with Gasteiger partial charge in [0.1, 0.15) is 5.82 Å². The number of rotatable bonds is 2. The van der Waals surface area contributed by atoms with Gasteiger partial charge in [-0.1, -0.05) is 0 Å². The lowest BCUT2D eigenvalue weighted by atomic mass is 9.87. The van der Waals surface area contributed by atoms with Gasteiger partial charge in [0.25, 0.3) is 0 Å². The predicted octanol–water partition coefficient (Wildman–Crippen LogP) is 1.96. The van der Waals surface area contributed by atoms with Crippen molar-refractivity contribution >= 4 is 26.0 Å². The summed E-state index contributed by atoms with van der Waals surface area (Å²) < 4.78 is 40.4. The molecule has 2 aliphatic rings. The van der Waals surface area contributed by atoms with Crippen LogP contribution in [-0.2, 0) is 10.0 Å². The van der Waals surface area contributed by atoms with Gasteiger partial charge < -0.3 is 5.32 Å². The third kappa shape index (κ3) is 2.41. The molecule has 1 aromatic carbocycles. The zero-order chi connectivity index (χ0) is 14.4. The van der Waals surface area contributed by atoms with E-state index in [1.165, 1.54) is 16.4 Å². The standard InChI is InChI=1S/C13H16BrFN2O2S/c14-11-2-1-10(7-12(11)15)20(18,19)17-6-4-13(9-17)3-5-16-8-13/h1-2,7,16H,3-6,8-9H2. The van der Waals surface area contributed by atoms with Crippen LogP contribution in [-0.4, -0.2) is 38.9 Å². The Balaban J connectivity index is 1.87. The zero-order valence-electron chi connectivity index (χ0n) is 10.9. The molecule has 0 aliphatic carbocycles. The quantitative estimate of drug-likeness (QED) is 0.874. The maximum Gasteiger partial charge on any atom is 0.243 e. The van der Waals surface area contributed by atoms with E-state index in [0.717, 1.165) is 32.0 Å². The first-order chi connectivity index (χ1) is 9.43. The van der Waals surface area contributed by atoms with Crippen molar-refractivity contribution in [3.63, 3.8) is 0 Å². The Bertz CT molecular complexity index is 629. The summed E-state index contributed by atoms with van der Waals surface area (Å²) in [5, 5.41) is 3.30. The molecule has 0 saturated carbocycles. The summed E-state index contributed by atoms with van der Waals surface area (Å²) in [6.07, 6.45) is 1.88. The van der Waals surface area contributed by atoms with Gasteiger partial charge in [-0.25, -0.2) is 12.8 Å². The summed E-state index contributed by atoms with van der Waals surface area (Å²) in [5.74, 6) is -0.553. The highest BCUT2D eigenvalue weighted by Gasteiger charge is 2.44. The second-order valence-corrected chi connectivity index (χ2v) is 8.38. The lowest BCUT2D eigenvalue weighted by molar-refractivity contribution is 0.338. The SMILES string of the molecule is O=S(=O)(c1ccc(Br)c(F)c1)N1CCC2(CCNC2)C1. The van der Waals surface area contributed by atoms with Crippen molar-refractivity contribution in [2.75, 3.05) is 26.2 Å². The lowest BCUT2D eigenvalue weighted by Crippen LogP contribution is -2.33. The van der Waals surface area contributed by atoms with Crippen molar-refractivity contribution in [3.8, 4) is 0 Å². The number of hydrogen-bond donors (Lipinski definition) is 1. The van der Waals surface area contributed by atoms with Crippen LogP contribution in [0.4, 0.5) is 4.39 Å². The molecule has 1 aromatic rings. The molecule has 1 atom stereocenters. The highest BCUT2D eigenvalue weighted by Crippen LogP contribution is 2.38. The molecule has 1 N–H and O–H groups in total. The molecule has 20 heavy (non-hydrogen) atoms. The maximum absolute atomic E-state index is 13.6. The highest BCUT2D eigenvalue weighted by molar-refractivity contribution is 9.10. The molecule has 2 fully saturated rings. The molecule has 110 valence electrons. The van der Waals surface area contributed by atoms with Gasteiger partial charge >= 0.3 is 0 Å². The predicted molar refractivity (Wildman–Crippen MR) is 77.4 cm³/mol. The average Bonchev–Trinajstić information content (AvgIpc) is 3.04. The van der Waals surface area contributed by atoms with E-state index in [0.29, 0.717) is 13.1 Å². The van der Waals surface area contributed by atoms with E-state index in [4.69, 9.17) is 0 Å². The van der Waals surface area contributed by atoms with Gasteiger partial charge in [-0.2, -0.15) is 4.31 Å². The number of hydrogen-bond acceptors (Lipinski definition) is 3. The highest BCUT2D eigenvalue weighted by atomic mass is 79.9. The molecule has 1 unspecified atom stereocenters. The molecular formula is C13H16BrFN2O2S. The van der Waals surface area contributed by atoms with Crippen molar-refractivity contribution in [1.82, 2.24) is 9.62 Å². The molecule has 0 aromatic heterocycles. The third-order valence-corrected chi connectivity index (χ3v) is 6.75. The molecule has 2 heterocycles. The fourth-order valence-electron chi connectivity index (χ4n) is 3.03. The summed E-state index contributed by atoms with van der Waals surface area (Å²) in [6, 6.07) is 3.96. The third-order valence-electron chi connectivity index (χ3n) is 4.26. The topological polar surface area (TPSA) is 49.4 Å². The Hall–Kier alpha value is -0.500. The fourth-order valence-corrected chi connectivity index (χ4v) is 4.84. The first kappa shape index (κ1) is 14.4. The fraction of sp³-hybridized carbons (Fsp3) is 0.538. The Morgan fingerprint density at radius 3 is 2.80 bits per heavy atom. The second-order valence-electron chi connectivity index (χ2n) is 5.59. The van der Waals surface area contributed by atoms with E-state index in [2.05, 4.69) is 21.2 Å². The second kappa shape index (κ2) is 5.05. The van der Waals surface area contributed by atoms with Gasteiger partial charge in [0.15, 0.2) is 0 Å². The summed E-state index contributed by atoms with van der Waals surface area (Å²) in [6.45, 7) is 2.86. The lowest BCUT2D eigenvalue weighted by Gasteiger charge is -2.22. The Kier molecular flexibility index (Phi) is 3.64. The Labute approximate surface area is 126 Å². The van der Waals surface area contributed by atoms with E-state index in [-0.39, 0.29) is 14.8 Å². The van der Waals surface area contributed by atoms with Crippen LogP contribution in [0.5, 0.6) is 0 Å². The van der Waals surface area contributed by atoms with Crippen molar-refractivity contribution in [2.45, 2.75) is 17.7 Å². The Morgan fingerprint density at radius 2 is 2.15 bits per heavy atom. The number of halogens is 2. The summed E-state index contributed by atoms with van der Waals surface area (Å²) in [7, 11) is -3.60. The number of nitrogens with zero attached hydrogens (tertiary/aromatic N) is 1. The van der Waals surface area contributed by atoms with Crippen LogP contribution in [0.2, 0.25) is 0 Å². The van der Waals surface area contributed by atoms with Crippen molar-refractivity contribution in [1.29, 1.82) is 0 Å². The molecule has 4 nitrogen and oxygen atoms in total. The van der Waals surface area contributed by atoms with Crippen LogP contribution in [0.3, 0.4) is 0 Å². The van der Waals surface area contributed by atoms with E-state index in [1.54, 1.807) is 0 Å². The number of sulfonamides is 1. The molecule has 0 radical (unpaired) electrons. The molecule has 3 rings (SSSR count). The van der Waals surface area contributed by atoms with Crippen LogP contribution in [0.15, 0.2) is 27.6 Å². The maximum atomic E-state index is 13.6. The average molecular weight is 363 g/mol. The van der Waals surface area contributed by atoms with Crippen LogP contribution < -0.4 is 5.32 Å². The largest absolute Gasteiger partial charge is 0.316 e. The normalized spacial score (nSPS) is 27.5. The molecule has 2 aliphatic heterocycles. The zero-order valence-corrected chi connectivity index (χ0v) is 13.3. The Morgan fingerprint density at radius 1 is 1.35 bits per heavy atom.